The molecule has 0 atom stereocenters. The van der Waals surface area contributed by atoms with Crippen molar-refractivity contribution in [1.29, 1.82) is 0 Å². The van der Waals surface area contributed by atoms with Crippen LogP contribution < -0.4 is 14.9 Å². The van der Waals surface area contributed by atoms with Gasteiger partial charge in [-0.3, -0.25) is 14.4 Å². The number of alkyl halides is 3. The van der Waals surface area contributed by atoms with Gasteiger partial charge in [0, 0.05) is 32.2 Å². The molecule has 3 rings (SSSR count). The molecule has 1 heterocycles. The van der Waals surface area contributed by atoms with Crippen LogP contribution in [0.2, 0.25) is 0 Å². The second-order valence-electron chi connectivity index (χ2n) is 8.88. The average molecular weight is 593 g/mol. The fourth-order valence-corrected chi connectivity index (χ4v) is 4.63. The molecule has 0 unspecified atom stereocenters. The summed E-state index contributed by atoms with van der Waals surface area (Å²) >= 11 is 0. The van der Waals surface area contributed by atoms with Crippen molar-refractivity contribution >= 4 is 39.2 Å². The number of carbonyl (C=O) groups is 3. The molecule has 2 aromatic rings. The fraction of sp³-hybridized carbons (Fsp3) is 0.375. The molecule has 1 amide bonds. The van der Waals surface area contributed by atoms with Crippen molar-refractivity contribution in [3.8, 4) is 0 Å². The summed E-state index contributed by atoms with van der Waals surface area (Å²) in [6.07, 6.45) is -5.08. The third kappa shape index (κ3) is 9.68. The number of piperazine rings is 1. The zero-order valence-corrected chi connectivity index (χ0v) is 22.2. The highest BCUT2D eigenvalue weighted by Crippen LogP contribution is 2.30. The lowest BCUT2D eigenvalue weighted by atomic mass is 10.1. The highest BCUT2D eigenvalue weighted by Gasteiger charge is 2.38. The van der Waals surface area contributed by atoms with Gasteiger partial charge in [0.05, 0.1) is 28.4 Å². The van der Waals surface area contributed by atoms with Crippen LogP contribution in [0.1, 0.15) is 24.2 Å². The summed E-state index contributed by atoms with van der Waals surface area (Å²) in [5, 5.41) is 19.3. The Morgan fingerprint density at radius 1 is 0.975 bits per heavy atom. The summed E-state index contributed by atoms with van der Waals surface area (Å²) in [6.45, 7) is 6.26. The summed E-state index contributed by atoms with van der Waals surface area (Å²) in [5.74, 6) is -4.57. The third-order valence-corrected chi connectivity index (χ3v) is 6.77. The standard InChI is InChI=1S/C22H27FN4O5S.C2HF3O2/c1-15(2)24-21(28)14-26-9-11-27(12-10-26)20-8-3-16(22(29)30)13-19(20)25-33(31,32)18-6-4-17(23)5-7-18;3-2(4,5)1(6)7/h3-8,13,15,25H,9-12,14H2,1-2H3,(H,24,28)(H,29,30);(H,6,7). The number of hydrogen-bond acceptors (Lipinski definition) is 7. The minimum Gasteiger partial charge on any atom is -0.478 e. The van der Waals surface area contributed by atoms with E-state index in [9.17, 15) is 40.7 Å². The zero-order valence-electron chi connectivity index (χ0n) is 21.4. The molecule has 16 heteroatoms. The molecule has 0 saturated carbocycles. The Morgan fingerprint density at radius 3 is 2.00 bits per heavy atom. The van der Waals surface area contributed by atoms with Gasteiger partial charge in [0.1, 0.15) is 5.82 Å². The summed E-state index contributed by atoms with van der Waals surface area (Å²) in [5.41, 5.74) is 0.571. The monoisotopic (exact) mass is 592 g/mol. The number of anilines is 2. The van der Waals surface area contributed by atoms with E-state index in [4.69, 9.17) is 9.90 Å². The Labute approximate surface area is 227 Å². The van der Waals surface area contributed by atoms with Gasteiger partial charge in [-0.15, -0.1) is 0 Å². The van der Waals surface area contributed by atoms with Crippen molar-refractivity contribution < 1.29 is 50.6 Å². The van der Waals surface area contributed by atoms with E-state index >= 15 is 0 Å². The molecule has 1 aliphatic rings. The maximum Gasteiger partial charge on any atom is 0.490 e. The molecule has 0 aliphatic carbocycles. The minimum atomic E-state index is -5.08. The first-order valence-corrected chi connectivity index (χ1v) is 13.2. The summed E-state index contributed by atoms with van der Waals surface area (Å²) in [4.78, 5) is 36.2. The number of nitrogens with zero attached hydrogens (tertiary/aromatic N) is 2. The van der Waals surface area contributed by atoms with Crippen LogP contribution in [-0.4, -0.2) is 86.3 Å². The van der Waals surface area contributed by atoms with E-state index in [1.54, 1.807) is 6.07 Å². The first kappa shape index (κ1) is 32.3. The molecule has 4 N–H and O–H groups in total. The second-order valence-corrected chi connectivity index (χ2v) is 10.6. The van der Waals surface area contributed by atoms with Gasteiger partial charge >= 0.3 is 18.1 Å². The van der Waals surface area contributed by atoms with Crippen molar-refractivity contribution in [3.05, 3.63) is 53.8 Å². The maximum atomic E-state index is 13.2. The number of aliphatic carboxylic acids is 1. The van der Waals surface area contributed by atoms with E-state index in [0.717, 1.165) is 24.3 Å². The van der Waals surface area contributed by atoms with E-state index in [2.05, 4.69) is 10.0 Å². The zero-order chi connectivity index (χ0) is 30.3. The second kappa shape index (κ2) is 13.4. The van der Waals surface area contributed by atoms with Crippen molar-refractivity contribution in [2.45, 2.75) is 31.0 Å². The Kier molecular flexibility index (Phi) is 10.8. The Hall–Kier alpha value is -3.92. The molecular formula is C24H28F4N4O7S. The van der Waals surface area contributed by atoms with E-state index in [1.165, 1.54) is 12.1 Å². The maximum absolute atomic E-state index is 13.2. The summed E-state index contributed by atoms with van der Waals surface area (Å²) < 4.78 is 73.1. The molecule has 1 aliphatic heterocycles. The normalized spacial score (nSPS) is 14.2. The first-order chi connectivity index (χ1) is 18.5. The Bertz CT molecular complexity index is 1310. The fourth-order valence-electron chi connectivity index (χ4n) is 3.56. The number of aromatic carboxylic acids is 1. The highest BCUT2D eigenvalue weighted by molar-refractivity contribution is 7.92. The Balaban J connectivity index is 0.000000708. The minimum absolute atomic E-state index is 0.0583. The highest BCUT2D eigenvalue weighted by atomic mass is 32.2. The van der Waals surface area contributed by atoms with Crippen molar-refractivity contribution in [3.63, 3.8) is 0 Å². The van der Waals surface area contributed by atoms with Gasteiger partial charge < -0.3 is 20.4 Å². The number of hydrogen-bond donors (Lipinski definition) is 4. The van der Waals surface area contributed by atoms with Crippen LogP contribution in [0.15, 0.2) is 47.4 Å². The van der Waals surface area contributed by atoms with Crippen molar-refractivity contribution in [2.24, 2.45) is 0 Å². The number of carbonyl (C=O) groups excluding carboxylic acids is 1. The predicted octanol–water partition coefficient (Wildman–Crippen LogP) is 2.60. The van der Waals surface area contributed by atoms with Crippen molar-refractivity contribution in [1.82, 2.24) is 10.2 Å². The van der Waals surface area contributed by atoms with Crippen LogP contribution in [0.4, 0.5) is 28.9 Å². The van der Waals surface area contributed by atoms with Gasteiger partial charge in [0.25, 0.3) is 10.0 Å². The van der Waals surface area contributed by atoms with Gasteiger partial charge in [-0.1, -0.05) is 0 Å². The van der Waals surface area contributed by atoms with Crippen LogP contribution >= 0.6 is 0 Å². The number of amides is 1. The molecule has 2 aromatic carbocycles. The third-order valence-electron chi connectivity index (χ3n) is 5.38. The summed E-state index contributed by atoms with van der Waals surface area (Å²) in [7, 11) is -4.07. The van der Waals surface area contributed by atoms with E-state index in [0.29, 0.717) is 31.9 Å². The van der Waals surface area contributed by atoms with Crippen LogP contribution in [-0.2, 0) is 19.6 Å². The number of halogens is 4. The molecule has 11 nitrogen and oxygen atoms in total. The van der Waals surface area contributed by atoms with Gasteiger partial charge in [-0.25, -0.2) is 22.4 Å². The molecular weight excluding hydrogens is 564 g/mol. The number of sulfonamides is 1. The number of rotatable bonds is 8. The molecule has 0 bridgehead atoms. The lowest BCUT2D eigenvalue weighted by molar-refractivity contribution is -0.192. The molecule has 220 valence electrons. The topological polar surface area (TPSA) is 156 Å². The molecule has 0 aromatic heterocycles. The lowest BCUT2D eigenvalue weighted by Crippen LogP contribution is -2.50. The van der Waals surface area contributed by atoms with Crippen LogP contribution in [0.3, 0.4) is 0 Å². The number of carboxylic acids is 2. The van der Waals surface area contributed by atoms with Crippen LogP contribution in [0, 0.1) is 5.82 Å². The lowest BCUT2D eigenvalue weighted by Gasteiger charge is -2.36. The van der Waals surface area contributed by atoms with Gasteiger partial charge in [0.15, 0.2) is 0 Å². The van der Waals surface area contributed by atoms with Gasteiger partial charge in [-0.05, 0) is 56.3 Å². The summed E-state index contributed by atoms with van der Waals surface area (Å²) in [6, 6.07) is 8.65. The van der Waals surface area contributed by atoms with Crippen LogP contribution in [0.25, 0.3) is 0 Å². The quantitative estimate of drug-likeness (QED) is 0.339. The van der Waals surface area contributed by atoms with E-state index in [1.807, 2.05) is 23.6 Å². The van der Waals surface area contributed by atoms with Gasteiger partial charge in [0.2, 0.25) is 5.91 Å². The molecule has 0 spiro atoms. The molecule has 1 fully saturated rings. The average Bonchev–Trinajstić information content (AvgIpc) is 2.84. The molecule has 40 heavy (non-hydrogen) atoms. The number of nitrogens with one attached hydrogen (secondary N) is 2. The van der Waals surface area contributed by atoms with Crippen LogP contribution in [0.5, 0.6) is 0 Å². The SMILES string of the molecule is CC(C)NC(=O)CN1CCN(c2ccc(C(=O)O)cc2NS(=O)(=O)c2ccc(F)cc2)CC1.O=C(O)C(F)(F)F. The van der Waals surface area contributed by atoms with E-state index in [-0.39, 0.29) is 34.6 Å². The van der Waals surface area contributed by atoms with E-state index < -0.39 is 34.0 Å². The van der Waals surface area contributed by atoms with Gasteiger partial charge in [-0.2, -0.15) is 13.2 Å². The predicted molar refractivity (Wildman–Crippen MR) is 136 cm³/mol. The Morgan fingerprint density at radius 2 is 1.52 bits per heavy atom. The van der Waals surface area contributed by atoms with Crippen molar-refractivity contribution in [2.75, 3.05) is 42.3 Å². The largest absolute Gasteiger partial charge is 0.490 e. The first-order valence-electron chi connectivity index (χ1n) is 11.7. The number of benzene rings is 2. The molecule has 1 saturated heterocycles. The molecule has 0 radical (unpaired) electrons. The number of carboxylic acid groups (broad SMARTS) is 2. The smallest absolute Gasteiger partial charge is 0.478 e.